The molecule has 0 saturated carbocycles. The molecular formula is C6H16N6. The normalized spacial score (nSPS) is 10.9. The Morgan fingerprint density at radius 3 is 2.58 bits per heavy atom. The highest BCUT2D eigenvalue weighted by Gasteiger charge is 1.89. The van der Waals surface area contributed by atoms with Crippen LogP contribution in [0.25, 0.3) is 0 Å². The van der Waals surface area contributed by atoms with E-state index in [9.17, 15) is 0 Å². The second kappa shape index (κ2) is 6.26. The van der Waals surface area contributed by atoms with Crippen molar-refractivity contribution in [3.63, 3.8) is 0 Å². The molecule has 0 radical (unpaired) electrons. The van der Waals surface area contributed by atoms with Gasteiger partial charge in [0.1, 0.15) is 0 Å². The Bertz CT molecular complexity index is 163. The van der Waals surface area contributed by atoms with Crippen molar-refractivity contribution >= 4 is 11.9 Å². The van der Waals surface area contributed by atoms with Crippen LogP contribution in [0, 0.1) is 5.41 Å². The zero-order valence-electron chi connectivity index (χ0n) is 7.22. The highest BCUT2D eigenvalue weighted by molar-refractivity contribution is 5.82. The van der Waals surface area contributed by atoms with Gasteiger partial charge in [0.25, 0.3) is 0 Å². The first-order valence-corrected chi connectivity index (χ1v) is 3.82. The molecule has 0 aliphatic carbocycles. The molecular weight excluding hydrogens is 156 g/mol. The van der Waals surface area contributed by atoms with Crippen LogP contribution in [0.3, 0.4) is 0 Å². The zero-order chi connectivity index (χ0) is 9.40. The summed E-state index contributed by atoms with van der Waals surface area (Å²) in [5.41, 5.74) is 15.2. The Labute approximate surface area is 71.9 Å². The first-order valence-electron chi connectivity index (χ1n) is 3.82. The summed E-state index contributed by atoms with van der Waals surface area (Å²) >= 11 is 0. The topological polar surface area (TPSA) is 112 Å². The zero-order valence-corrected chi connectivity index (χ0v) is 7.22. The van der Waals surface area contributed by atoms with E-state index in [0.29, 0.717) is 6.54 Å². The van der Waals surface area contributed by atoms with E-state index in [2.05, 4.69) is 22.8 Å². The summed E-state index contributed by atoms with van der Waals surface area (Å²) in [6.07, 6.45) is 2.08. The van der Waals surface area contributed by atoms with Crippen molar-refractivity contribution in [3.8, 4) is 0 Å². The van der Waals surface area contributed by atoms with Gasteiger partial charge in [0, 0.05) is 6.54 Å². The molecule has 12 heavy (non-hydrogen) atoms. The van der Waals surface area contributed by atoms with Gasteiger partial charge in [-0.15, -0.1) is 0 Å². The van der Waals surface area contributed by atoms with E-state index < -0.39 is 0 Å². The Balaban J connectivity index is 3.48. The Morgan fingerprint density at radius 1 is 1.42 bits per heavy atom. The summed E-state index contributed by atoms with van der Waals surface area (Å²) in [6.45, 7) is 2.77. The lowest BCUT2D eigenvalue weighted by molar-refractivity contribution is 0.782. The summed E-state index contributed by atoms with van der Waals surface area (Å²) in [7, 11) is 0. The van der Waals surface area contributed by atoms with E-state index in [1.807, 2.05) is 0 Å². The van der Waals surface area contributed by atoms with Crippen LogP contribution in [0.2, 0.25) is 0 Å². The van der Waals surface area contributed by atoms with Crippen molar-refractivity contribution in [3.05, 3.63) is 0 Å². The van der Waals surface area contributed by atoms with Crippen LogP contribution in [-0.2, 0) is 0 Å². The van der Waals surface area contributed by atoms with Crippen molar-refractivity contribution in [2.24, 2.45) is 16.5 Å². The minimum absolute atomic E-state index is 0.191. The fraction of sp³-hybridized carbons (Fsp3) is 0.667. The lowest BCUT2D eigenvalue weighted by Gasteiger charge is -2.05. The first kappa shape index (κ1) is 10.5. The van der Waals surface area contributed by atoms with Crippen molar-refractivity contribution in [2.75, 3.05) is 6.54 Å². The van der Waals surface area contributed by atoms with Gasteiger partial charge in [0.2, 0.25) is 11.9 Å². The number of hydrogen-bond donors (Lipinski definition) is 5. The highest BCUT2D eigenvalue weighted by atomic mass is 15.4. The van der Waals surface area contributed by atoms with Gasteiger partial charge in [0.15, 0.2) is 0 Å². The number of nitrogens with two attached hydrogens (primary N) is 2. The monoisotopic (exact) mass is 172 g/mol. The number of aliphatic imine (C=N–C) groups is 1. The molecule has 0 saturated heterocycles. The quantitative estimate of drug-likeness (QED) is 0.164. The molecule has 0 aromatic heterocycles. The molecule has 0 aromatic rings. The Morgan fingerprint density at radius 2 is 2.08 bits per heavy atom. The van der Waals surface area contributed by atoms with Crippen LogP contribution in [0.5, 0.6) is 0 Å². The van der Waals surface area contributed by atoms with Gasteiger partial charge < -0.3 is 11.5 Å². The van der Waals surface area contributed by atoms with Crippen molar-refractivity contribution in [1.82, 2.24) is 10.9 Å². The number of hydrazine groups is 1. The van der Waals surface area contributed by atoms with E-state index in [-0.39, 0.29) is 11.9 Å². The number of guanidine groups is 2. The fourth-order valence-corrected chi connectivity index (χ4v) is 0.529. The minimum Gasteiger partial charge on any atom is -0.369 e. The molecule has 0 heterocycles. The van der Waals surface area contributed by atoms with Gasteiger partial charge >= 0.3 is 0 Å². The Hall–Kier alpha value is -1.46. The smallest absolute Gasteiger partial charge is 0.207 e. The van der Waals surface area contributed by atoms with Crippen LogP contribution >= 0.6 is 0 Å². The number of rotatable bonds is 3. The summed E-state index contributed by atoms with van der Waals surface area (Å²) in [5, 5.41) is 6.79. The van der Waals surface area contributed by atoms with Gasteiger partial charge in [-0.05, 0) is 6.42 Å². The van der Waals surface area contributed by atoms with Crippen LogP contribution < -0.4 is 22.3 Å². The molecule has 0 aromatic carbocycles. The molecule has 70 valence electrons. The highest BCUT2D eigenvalue weighted by Crippen LogP contribution is 1.85. The lowest BCUT2D eigenvalue weighted by Crippen LogP contribution is -2.48. The fourth-order valence-electron chi connectivity index (χ4n) is 0.529. The molecule has 0 atom stereocenters. The van der Waals surface area contributed by atoms with Gasteiger partial charge in [-0.25, -0.2) is 0 Å². The average Bonchev–Trinajstić information content (AvgIpc) is 2.01. The molecule has 0 rings (SSSR count). The average molecular weight is 172 g/mol. The number of nitrogens with one attached hydrogen (secondary N) is 3. The molecule has 0 fully saturated rings. The van der Waals surface area contributed by atoms with E-state index in [1.54, 1.807) is 0 Å². The molecule has 0 amide bonds. The second-order valence-electron chi connectivity index (χ2n) is 2.28. The third-order valence-electron chi connectivity index (χ3n) is 1.12. The predicted octanol–water partition coefficient (Wildman–Crippen LogP) is -0.911. The van der Waals surface area contributed by atoms with Crippen molar-refractivity contribution in [2.45, 2.75) is 19.8 Å². The van der Waals surface area contributed by atoms with Crippen LogP contribution in [0.1, 0.15) is 19.8 Å². The number of nitrogens with zero attached hydrogens (tertiary/aromatic N) is 1. The Kier molecular flexibility index (Phi) is 5.50. The number of hydrogen-bond acceptors (Lipinski definition) is 2. The maximum atomic E-state index is 6.79. The third-order valence-corrected chi connectivity index (χ3v) is 1.12. The van der Waals surface area contributed by atoms with Gasteiger partial charge in [-0.1, -0.05) is 13.3 Å². The SMILES string of the molecule is CCCCN=C(N)NNC(=N)N. The summed E-state index contributed by atoms with van der Waals surface area (Å²) in [5.74, 6) is 0.0577. The van der Waals surface area contributed by atoms with E-state index in [1.165, 1.54) is 0 Å². The molecule has 0 aliphatic heterocycles. The van der Waals surface area contributed by atoms with E-state index >= 15 is 0 Å². The summed E-state index contributed by atoms with van der Waals surface area (Å²) < 4.78 is 0. The molecule has 7 N–H and O–H groups in total. The minimum atomic E-state index is -0.191. The molecule has 0 spiro atoms. The maximum absolute atomic E-state index is 6.79. The van der Waals surface area contributed by atoms with Crippen LogP contribution in [0.4, 0.5) is 0 Å². The first-order chi connectivity index (χ1) is 5.66. The maximum Gasteiger partial charge on any atom is 0.207 e. The van der Waals surface area contributed by atoms with Gasteiger partial charge in [-0.2, -0.15) is 0 Å². The van der Waals surface area contributed by atoms with Gasteiger partial charge in [0.05, 0.1) is 0 Å². The third kappa shape index (κ3) is 6.66. The molecule has 0 bridgehead atoms. The summed E-state index contributed by atoms with van der Waals surface area (Å²) in [4.78, 5) is 3.95. The molecule has 0 aliphatic rings. The second-order valence-corrected chi connectivity index (χ2v) is 2.28. The lowest BCUT2D eigenvalue weighted by atomic mass is 10.3. The van der Waals surface area contributed by atoms with Crippen molar-refractivity contribution < 1.29 is 0 Å². The van der Waals surface area contributed by atoms with Crippen LogP contribution in [0.15, 0.2) is 4.99 Å². The largest absolute Gasteiger partial charge is 0.369 e. The molecule has 0 unspecified atom stereocenters. The molecule has 6 nitrogen and oxygen atoms in total. The van der Waals surface area contributed by atoms with E-state index in [0.717, 1.165) is 12.8 Å². The predicted molar refractivity (Wildman–Crippen MR) is 49.6 cm³/mol. The summed E-state index contributed by atoms with van der Waals surface area (Å²) in [6, 6.07) is 0. The molecule has 6 heteroatoms. The van der Waals surface area contributed by atoms with Crippen molar-refractivity contribution in [1.29, 1.82) is 5.41 Å². The van der Waals surface area contributed by atoms with Gasteiger partial charge in [-0.3, -0.25) is 21.3 Å². The van der Waals surface area contributed by atoms with Crippen LogP contribution in [-0.4, -0.2) is 18.5 Å². The standard InChI is InChI=1S/C6H16N6/c1-2-3-4-10-6(9)12-11-5(7)8/h2-4H2,1H3,(H4,7,8,11)(H3,9,10,12). The number of unbranched alkanes of at least 4 members (excludes halogenated alkanes) is 1. The van der Waals surface area contributed by atoms with E-state index in [4.69, 9.17) is 16.9 Å².